The van der Waals surface area contributed by atoms with Crippen molar-refractivity contribution in [3.8, 4) is 0 Å². The van der Waals surface area contributed by atoms with E-state index >= 15 is 0 Å². The molecule has 13 heavy (non-hydrogen) atoms. The molecule has 2 atom stereocenters. The molecule has 0 aliphatic carbocycles. The van der Waals surface area contributed by atoms with Gasteiger partial charge in [-0.2, -0.15) is 0 Å². The van der Waals surface area contributed by atoms with E-state index in [0.29, 0.717) is 0 Å². The number of hydrogen-bond acceptors (Lipinski definition) is 4. The van der Waals surface area contributed by atoms with Gasteiger partial charge in [0.2, 0.25) is 5.91 Å². The average molecular weight is 207 g/mol. The Morgan fingerprint density at radius 1 is 1.54 bits per heavy atom. The molecule has 1 amide bonds. The average Bonchev–Trinajstić information content (AvgIpc) is 2.02. The van der Waals surface area contributed by atoms with E-state index in [9.17, 15) is 13.8 Å². The van der Waals surface area contributed by atoms with Crippen molar-refractivity contribution in [1.29, 1.82) is 0 Å². The molecule has 0 saturated heterocycles. The predicted molar refractivity (Wildman–Crippen MR) is 48.3 cm³/mol. The first-order chi connectivity index (χ1) is 5.97. The molecule has 0 aromatic carbocycles. The van der Waals surface area contributed by atoms with Gasteiger partial charge in [-0.15, -0.1) is 0 Å². The molecule has 0 aromatic rings. The molecule has 0 aliphatic heterocycles. The van der Waals surface area contributed by atoms with Crippen LogP contribution in [-0.2, 0) is 25.1 Å². The number of rotatable bonds is 5. The van der Waals surface area contributed by atoms with Crippen LogP contribution >= 0.6 is 0 Å². The van der Waals surface area contributed by atoms with Gasteiger partial charge in [-0.05, 0) is 0 Å². The van der Waals surface area contributed by atoms with E-state index < -0.39 is 27.9 Å². The van der Waals surface area contributed by atoms with Crippen molar-refractivity contribution < 1.29 is 18.5 Å². The standard InChI is InChI=1S/C7H13NO4S/c1-5(3-7(10)12-2)13(11)4-6(8)9/h5H,3-4H2,1-2H3,(H2,8,9). The van der Waals surface area contributed by atoms with E-state index in [4.69, 9.17) is 5.73 Å². The van der Waals surface area contributed by atoms with Gasteiger partial charge in [-0.3, -0.25) is 13.8 Å². The molecule has 5 nitrogen and oxygen atoms in total. The Morgan fingerprint density at radius 2 is 2.08 bits per heavy atom. The third kappa shape index (κ3) is 5.35. The third-order valence-electron chi connectivity index (χ3n) is 1.42. The van der Waals surface area contributed by atoms with Gasteiger partial charge in [0, 0.05) is 16.0 Å². The van der Waals surface area contributed by atoms with Gasteiger partial charge in [-0.1, -0.05) is 6.92 Å². The second-order valence-corrected chi connectivity index (χ2v) is 4.44. The summed E-state index contributed by atoms with van der Waals surface area (Å²) in [5.41, 5.74) is 4.85. The lowest BCUT2D eigenvalue weighted by atomic mass is 10.3. The number of carbonyl (C=O) groups is 2. The second kappa shape index (κ2) is 5.69. The summed E-state index contributed by atoms with van der Waals surface area (Å²) in [5, 5.41) is -0.403. The fourth-order valence-electron chi connectivity index (χ4n) is 0.693. The van der Waals surface area contributed by atoms with E-state index in [1.165, 1.54) is 7.11 Å². The highest BCUT2D eigenvalue weighted by molar-refractivity contribution is 7.86. The normalized spacial score (nSPS) is 14.6. The molecule has 0 spiro atoms. The molecular formula is C7H13NO4S. The Labute approximate surface area is 79.1 Å². The van der Waals surface area contributed by atoms with Gasteiger partial charge in [-0.25, -0.2) is 0 Å². The molecule has 2 N–H and O–H groups in total. The van der Waals surface area contributed by atoms with E-state index in [1.54, 1.807) is 6.92 Å². The Morgan fingerprint density at radius 3 is 2.46 bits per heavy atom. The smallest absolute Gasteiger partial charge is 0.306 e. The van der Waals surface area contributed by atoms with Gasteiger partial charge >= 0.3 is 5.97 Å². The topological polar surface area (TPSA) is 86.5 Å². The van der Waals surface area contributed by atoms with Crippen LogP contribution in [0, 0.1) is 0 Å². The number of hydrogen-bond donors (Lipinski definition) is 1. The summed E-state index contributed by atoms with van der Waals surface area (Å²) in [6.07, 6.45) is 0.0381. The van der Waals surface area contributed by atoms with Crippen LogP contribution in [0.25, 0.3) is 0 Å². The molecule has 0 aromatic heterocycles. The lowest BCUT2D eigenvalue weighted by Crippen LogP contribution is -2.26. The lowest BCUT2D eigenvalue weighted by molar-refractivity contribution is -0.140. The first kappa shape index (κ1) is 12.1. The highest BCUT2D eigenvalue weighted by Gasteiger charge is 2.17. The molecule has 0 fully saturated rings. The second-order valence-electron chi connectivity index (χ2n) is 2.58. The lowest BCUT2D eigenvalue weighted by Gasteiger charge is -2.07. The van der Waals surface area contributed by atoms with Crippen LogP contribution in [-0.4, -0.2) is 34.2 Å². The largest absolute Gasteiger partial charge is 0.469 e. The van der Waals surface area contributed by atoms with E-state index in [2.05, 4.69) is 4.74 Å². The number of nitrogens with two attached hydrogens (primary N) is 1. The monoisotopic (exact) mass is 207 g/mol. The zero-order valence-corrected chi connectivity index (χ0v) is 8.43. The maximum Gasteiger partial charge on any atom is 0.306 e. The fraction of sp³-hybridized carbons (Fsp3) is 0.714. The number of ether oxygens (including phenoxy) is 1. The summed E-state index contributed by atoms with van der Waals surface area (Å²) in [6.45, 7) is 1.61. The van der Waals surface area contributed by atoms with Crippen LogP contribution in [0.4, 0.5) is 0 Å². The van der Waals surface area contributed by atoms with Crippen molar-refractivity contribution >= 4 is 22.7 Å². The summed E-state index contributed by atoms with van der Waals surface area (Å²) >= 11 is 0. The number of methoxy groups -OCH3 is 1. The van der Waals surface area contributed by atoms with Crippen molar-refractivity contribution in [3.63, 3.8) is 0 Å². The first-order valence-electron chi connectivity index (χ1n) is 3.69. The number of primary amides is 1. The summed E-state index contributed by atoms with van der Waals surface area (Å²) in [5.74, 6) is -1.28. The van der Waals surface area contributed by atoms with E-state index in [0.717, 1.165) is 0 Å². The maximum atomic E-state index is 11.2. The summed E-state index contributed by atoms with van der Waals surface area (Å²) in [4.78, 5) is 21.1. The van der Waals surface area contributed by atoms with Crippen LogP contribution < -0.4 is 5.73 Å². The minimum atomic E-state index is -1.39. The number of esters is 1. The molecule has 6 heteroatoms. The molecule has 76 valence electrons. The van der Waals surface area contributed by atoms with E-state index in [1.807, 2.05) is 0 Å². The summed E-state index contributed by atoms with van der Waals surface area (Å²) in [7, 11) is -0.136. The Hall–Kier alpha value is -0.910. The van der Waals surface area contributed by atoms with Crippen molar-refractivity contribution in [1.82, 2.24) is 0 Å². The molecule has 2 unspecified atom stereocenters. The van der Waals surface area contributed by atoms with Crippen molar-refractivity contribution in [3.05, 3.63) is 0 Å². The van der Waals surface area contributed by atoms with Crippen LogP contribution in [0.1, 0.15) is 13.3 Å². The van der Waals surface area contributed by atoms with Crippen molar-refractivity contribution in [2.45, 2.75) is 18.6 Å². The van der Waals surface area contributed by atoms with Crippen molar-refractivity contribution in [2.75, 3.05) is 12.9 Å². The first-order valence-corrected chi connectivity index (χ1v) is 5.08. The van der Waals surface area contributed by atoms with Gasteiger partial charge in [0.05, 0.1) is 13.5 Å². The quantitative estimate of drug-likeness (QED) is 0.596. The molecule has 0 aliphatic rings. The Balaban J connectivity index is 3.96. The minimum Gasteiger partial charge on any atom is -0.469 e. The van der Waals surface area contributed by atoms with Gasteiger partial charge in [0.25, 0.3) is 0 Å². The molecule has 0 heterocycles. The maximum absolute atomic E-state index is 11.2. The van der Waals surface area contributed by atoms with Crippen molar-refractivity contribution in [2.24, 2.45) is 5.73 Å². The Kier molecular flexibility index (Phi) is 5.29. The SMILES string of the molecule is COC(=O)CC(C)S(=O)CC(N)=O. The number of amides is 1. The zero-order chi connectivity index (χ0) is 10.4. The fourth-order valence-corrected chi connectivity index (χ4v) is 1.58. The molecule has 0 bridgehead atoms. The third-order valence-corrected chi connectivity index (χ3v) is 3.05. The summed E-state index contributed by atoms with van der Waals surface area (Å²) in [6, 6.07) is 0. The summed E-state index contributed by atoms with van der Waals surface area (Å²) < 4.78 is 15.6. The predicted octanol–water partition coefficient (Wildman–Crippen LogP) is -0.828. The minimum absolute atomic E-state index is 0.0381. The Bertz CT molecular complexity index is 229. The van der Waals surface area contributed by atoms with Gasteiger partial charge in [0.15, 0.2) is 0 Å². The highest BCUT2D eigenvalue weighted by Crippen LogP contribution is 2.02. The molecule has 0 radical (unpaired) electrons. The van der Waals surface area contributed by atoms with Gasteiger partial charge in [0.1, 0.15) is 5.75 Å². The van der Waals surface area contributed by atoms with Crippen LogP contribution in [0.3, 0.4) is 0 Å². The van der Waals surface area contributed by atoms with Gasteiger partial charge < -0.3 is 10.5 Å². The number of carbonyl (C=O) groups excluding carboxylic acids is 2. The molecular weight excluding hydrogens is 194 g/mol. The molecule has 0 rings (SSSR count). The van der Waals surface area contributed by atoms with E-state index in [-0.39, 0.29) is 12.2 Å². The van der Waals surface area contributed by atoms with Crippen LogP contribution in [0.2, 0.25) is 0 Å². The van der Waals surface area contributed by atoms with Crippen LogP contribution in [0.5, 0.6) is 0 Å². The zero-order valence-electron chi connectivity index (χ0n) is 7.61. The molecule has 0 saturated carbocycles. The van der Waals surface area contributed by atoms with Crippen LogP contribution in [0.15, 0.2) is 0 Å². The highest BCUT2D eigenvalue weighted by atomic mass is 32.2.